The van der Waals surface area contributed by atoms with Crippen LogP contribution in [0.4, 0.5) is 0 Å². The molecule has 0 aliphatic rings. The Morgan fingerprint density at radius 2 is 1.42 bits per heavy atom. The first-order chi connectivity index (χ1) is 9.16. The fourth-order valence-corrected chi connectivity index (χ4v) is 3.45. The molecule has 0 saturated heterocycles. The van der Waals surface area contributed by atoms with Crippen molar-refractivity contribution in [3.8, 4) is 0 Å². The van der Waals surface area contributed by atoms with Crippen molar-refractivity contribution >= 4 is 23.5 Å². The van der Waals surface area contributed by atoms with Gasteiger partial charge in [-0.25, -0.2) is 9.97 Å². The lowest BCUT2D eigenvalue weighted by Crippen LogP contribution is -1.98. The first kappa shape index (κ1) is 14.4. The molecule has 0 saturated carbocycles. The molecule has 1 aromatic carbocycles. The van der Waals surface area contributed by atoms with Crippen molar-refractivity contribution in [2.45, 2.75) is 30.8 Å². The SMILES string of the molecule is Cc1nc(SCCSc2ccccc2)nc(C)c1C. The van der Waals surface area contributed by atoms with Gasteiger partial charge in [0.15, 0.2) is 5.16 Å². The van der Waals surface area contributed by atoms with E-state index in [0.717, 1.165) is 28.0 Å². The molecular weight excluding hydrogens is 272 g/mol. The molecule has 0 spiro atoms. The van der Waals surface area contributed by atoms with Crippen molar-refractivity contribution in [3.05, 3.63) is 47.3 Å². The molecule has 2 rings (SSSR count). The fraction of sp³-hybridized carbons (Fsp3) is 0.333. The minimum Gasteiger partial charge on any atom is -0.228 e. The summed E-state index contributed by atoms with van der Waals surface area (Å²) in [5.41, 5.74) is 3.37. The summed E-state index contributed by atoms with van der Waals surface area (Å²) in [5, 5.41) is 0.897. The number of benzene rings is 1. The van der Waals surface area contributed by atoms with Crippen LogP contribution in [0.3, 0.4) is 0 Å². The van der Waals surface area contributed by atoms with Gasteiger partial charge in [-0.2, -0.15) is 0 Å². The lowest BCUT2D eigenvalue weighted by molar-refractivity contribution is 0.881. The molecular formula is C15H18N2S2. The van der Waals surface area contributed by atoms with Gasteiger partial charge in [-0.05, 0) is 38.5 Å². The van der Waals surface area contributed by atoms with E-state index in [0.29, 0.717) is 0 Å². The summed E-state index contributed by atoms with van der Waals surface area (Å²) in [5.74, 6) is 2.10. The number of rotatable bonds is 5. The third kappa shape index (κ3) is 4.25. The van der Waals surface area contributed by atoms with E-state index in [9.17, 15) is 0 Å². The van der Waals surface area contributed by atoms with Crippen molar-refractivity contribution in [1.29, 1.82) is 0 Å². The topological polar surface area (TPSA) is 25.8 Å². The molecule has 1 aromatic heterocycles. The second-order valence-electron chi connectivity index (χ2n) is 4.31. The van der Waals surface area contributed by atoms with Crippen molar-refractivity contribution < 1.29 is 0 Å². The third-order valence-electron chi connectivity index (χ3n) is 2.94. The van der Waals surface area contributed by atoms with Gasteiger partial charge in [0.1, 0.15) is 0 Å². The van der Waals surface area contributed by atoms with Crippen molar-refractivity contribution in [2.75, 3.05) is 11.5 Å². The van der Waals surface area contributed by atoms with Crippen LogP contribution >= 0.6 is 23.5 Å². The number of aromatic nitrogens is 2. The second-order valence-corrected chi connectivity index (χ2v) is 6.54. The Balaban J connectivity index is 1.83. The highest BCUT2D eigenvalue weighted by molar-refractivity contribution is 8.02. The molecule has 0 bridgehead atoms. The van der Waals surface area contributed by atoms with E-state index in [1.807, 2.05) is 31.7 Å². The van der Waals surface area contributed by atoms with Gasteiger partial charge in [0.25, 0.3) is 0 Å². The van der Waals surface area contributed by atoms with Crippen molar-refractivity contribution in [3.63, 3.8) is 0 Å². The zero-order valence-electron chi connectivity index (χ0n) is 11.5. The van der Waals surface area contributed by atoms with Gasteiger partial charge in [-0.3, -0.25) is 0 Å². The largest absolute Gasteiger partial charge is 0.228 e. The monoisotopic (exact) mass is 290 g/mol. The van der Waals surface area contributed by atoms with E-state index in [1.165, 1.54) is 10.5 Å². The maximum absolute atomic E-state index is 4.52. The van der Waals surface area contributed by atoms with Crippen LogP contribution in [0.2, 0.25) is 0 Å². The van der Waals surface area contributed by atoms with Crippen LogP contribution in [0, 0.1) is 20.8 Å². The van der Waals surface area contributed by atoms with Gasteiger partial charge >= 0.3 is 0 Å². The third-order valence-corrected chi connectivity index (χ3v) is 5.06. The predicted molar refractivity (Wildman–Crippen MR) is 84.1 cm³/mol. The Kier molecular flexibility index (Phi) is 5.28. The van der Waals surface area contributed by atoms with Gasteiger partial charge < -0.3 is 0 Å². The summed E-state index contributed by atoms with van der Waals surface area (Å²) < 4.78 is 0. The lowest BCUT2D eigenvalue weighted by atomic mass is 10.2. The fourth-order valence-electron chi connectivity index (χ4n) is 1.62. The van der Waals surface area contributed by atoms with E-state index >= 15 is 0 Å². The highest BCUT2D eigenvalue weighted by Gasteiger charge is 2.04. The molecule has 0 radical (unpaired) electrons. The molecule has 1 heterocycles. The Labute approximate surface area is 123 Å². The molecule has 0 amide bonds. The van der Waals surface area contributed by atoms with Crippen LogP contribution in [0.5, 0.6) is 0 Å². The zero-order valence-corrected chi connectivity index (χ0v) is 13.1. The molecule has 0 aliphatic carbocycles. The maximum Gasteiger partial charge on any atom is 0.188 e. The lowest BCUT2D eigenvalue weighted by Gasteiger charge is -2.06. The van der Waals surface area contributed by atoms with E-state index in [-0.39, 0.29) is 0 Å². The molecule has 0 fully saturated rings. The van der Waals surface area contributed by atoms with Crippen LogP contribution in [-0.4, -0.2) is 21.5 Å². The zero-order chi connectivity index (χ0) is 13.7. The summed E-state index contributed by atoms with van der Waals surface area (Å²) in [7, 11) is 0. The molecule has 4 heteroatoms. The standard InChI is InChI=1S/C15H18N2S2/c1-11-12(2)16-15(17-13(11)3)19-10-9-18-14-7-5-4-6-8-14/h4-8H,9-10H2,1-3H3. The minimum atomic E-state index is 0.897. The smallest absolute Gasteiger partial charge is 0.188 e. The van der Waals surface area contributed by atoms with Gasteiger partial charge in [0.2, 0.25) is 0 Å². The molecule has 2 nitrogen and oxygen atoms in total. The Hall–Kier alpha value is -1.00. The van der Waals surface area contributed by atoms with Crippen molar-refractivity contribution in [2.24, 2.45) is 0 Å². The van der Waals surface area contributed by atoms with E-state index in [2.05, 4.69) is 41.2 Å². The van der Waals surface area contributed by atoms with Crippen molar-refractivity contribution in [1.82, 2.24) is 9.97 Å². The van der Waals surface area contributed by atoms with Crippen LogP contribution in [-0.2, 0) is 0 Å². The summed E-state index contributed by atoms with van der Waals surface area (Å²) in [4.78, 5) is 10.4. The van der Waals surface area contributed by atoms with Gasteiger partial charge in [0.05, 0.1) is 0 Å². The second kappa shape index (κ2) is 6.96. The summed E-state index contributed by atoms with van der Waals surface area (Å²) in [6.45, 7) is 6.17. The van der Waals surface area contributed by atoms with Gasteiger partial charge in [-0.15, -0.1) is 11.8 Å². The first-order valence-electron chi connectivity index (χ1n) is 6.29. The number of hydrogen-bond donors (Lipinski definition) is 0. The summed E-state index contributed by atoms with van der Waals surface area (Å²) >= 11 is 3.61. The van der Waals surface area contributed by atoms with E-state index in [4.69, 9.17) is 0 Å². The number of aryl methyl sites for hydroxylation is 2. The van der Waals surface area contributed by atoms with Crippen LogP contribution in [0.15, 0.2) is 40.4 Å². The number of thioether (sulfide) groups is 2. The Morgan fingerprint density at radius 3 is 2.05 bits per heavy atom. The number of hydrogen-bond acceptors (Lipinski definition) is 4. The summed E-state index contributed by atoms with van der Waals surface area (Å²) in [6, 6.07) is 10.5. The Bertz CT molecular complexity index is 518. The van der Waals surface area contributed by atoms with Crippen LogP contribution in [0.1, 0.15) is 17.0 Å². The molecule has 0 N–H and O–H groups in total. The molecule has 0 atom stereocenters. The molecule has 19 heavy (non-hydrogen) atoms. The number of nitrogens with zero attached hydrogens (tertiary/aromatic N) is 2. The predicted octanol–water partition coefficient (Wildman–Crippen LogP) is 4.29. The average Bonchev–Trinajstić information content (AvgIpc) is 2.42. The molecule has 2 aromatic rings. The average molecular weight is 290 g/mol. The van der Waals surface area contributed by atoms with E-state index in [1.54, 1.807) is 11.8 Å². The Morgan fingerprint density at radius 1 is 0.842 bits per heavy atom. The minimum absolute atomic E-state index is 0.897. The normalized spacial score (nSPS) is 10.7. The summed E-state index contributed by atoms with van der Waals surface area (Å²) in [6.07, 6.45) is 0. The quantitative estimate of drug-likeness (QED) is 0.466. The maximum atomic E-state index is 4.52. The van der Waals surface area contributed by atoms with Gasteiger partial charge in [0, 0.05) is 27.8 Å². The first-order valence-corrected chi connectivity index (χ1v) is 8.26. The van der Waals surface area contributed by atoms with Gasteiger partial charge in [-0.1, -0.05) is 30.0 Å². The molecule has 0 aliphatic heterocycles. The molecule has 100 valence electrons. The van der Waals surface area contributed by atoms with E-state index < -0.39 is 0 Å². The molecule has 0 unspecified atom stereocenters. The van der Waals surface area contributed by atoms with Crippen LogP contribution < -0.4 is 0 Å². The highest BCUT2D eigenvalue weighted by atomic mass is 32.2. The highest BCUT2D eigenvalue weighted by Crippen LogP contribution is 2.22. The van der Waals surface area contributed by atoms with Crippen LogP contribution in [0.25, 0.3) is 0 Å².